The van der Waals surface area contributed by atoms with Crippen molar-refractivity contribution in [3.63, 3.8) is 0 Å². The molecule has 1 aliphatic carbocycles. The van der Waals surface area contributed by atoms with Gasteiger partial charge in [-0.15, -0.1) is 0 Å². The molecule has 2 heterocycles. The van der Waals surface area contributed by atoms with Gasteiger partial charge in [-0.2, -0.15) is 0 Å². The van der Waals surface area contributed by atoms with E-state index in [0.29, 0.717) is 0 Å². The van der Waals surface area contributed by atoms with Crippen molar-refractivity contribution in [2.75, 3.05) is 6.54 Å². The summed E-state index contributed by atoms with van der Waals surface area (Å²) in [6, 6.07) is 1.90. The first-order valence-electron chi connectivity index (χ1n) is 6.03. The summed E-state index contributed by atoms with van der Waals surface area (Å²) in [6.45, 7) is 1.62. The molecule has 2 aromatic heterocycles. The lowest BCUT2D eigenvalue weighted by Crippen LogP contribution is -2.53. The van der Waals surface area contributed by atoms with Gasteiger partial charge in [0.25, 0.3) is 0 Å². The molecular weight excluding hydrogens is 214 g/mol. The van der Waals surface area contributed by atoms with Gasteiger partial charge < -0.3 is 11.1 Å². The normalized spacial score (nSPS) is 18.2. The maximum absolute atomic E-state index is 6.14. The second-order valence-corrected chi connectivity index (χ2v) is 4.88. The van der Waals surface area contributed by atoms with Gasteiger partial charge in [0.05, 0.1) is 5.69 Å². The number of imidazole rings is 1. The Labute approximate surface area is 100 Å². The van der Waals surface area contributed by atoms with Crippen LogP contribution in [0.4, 0.5) is 0 Å². The summed E-state index contributed by atoms with van der Waals surface area (Å²) < 4.78 is 1.93. The van der Waals surface area contributed by atoms with Crippen molar-refractivity contribution in [1.82, 2.24) is 19.7 Å². The number of nitrogens with one attached hydrogen (secondary N) is 1. The molecule has 3 N–H and O–H groups in total. The van der Waals surface area contributed by atoms with E-state index >= 15 is 0 Å². The van der Waals surface area contributed by atoms with Crippen molar-refractivity contribution >= 4 is 5.78 Å². The molecule has 0 amide bonds. The third-order valence-electron chi connectivity index (χ3n) is 3.42. The van der Waals surface area contributed by atoms with Crippen molar-refractivity contribution in [2.45, 2.75) is 31.3 Å². The largest absolute Gasteiger partial charge is 0.324 e. The third-order valence-corrected chi connectivity index (χ3v) is 3.42. The highest BCUT2D eigenvalue weighted by atomic mass is 15.1. The number of hydrogen-bond acceptors (Lipinski definition) is 4. The quantitative estimate of drug-likeness (QED) is 0.812. The highest BCUT2D eigenvalue weighted by Gasteiger charge is 2.31. The maximum Gasteiger partial charge on any atom is 0.233 e. The SMILES string of the molecule is NC1(CNCc2cn3cccnc3n2)CCC1. The lowest BCUT2D eigenvalue weighted by Gasteiger charge is -2.38. The summed E-state index contributed by atoms with van der Waals surface area (Å²) in [7, 11) is 0. The van der Waals surface area contributed by atoms with E-state index in [9.17, 15) is 0 Å². The Morgan fingerprint density at radius 1 is 1.47 bits per heavy atom. The highest BCUT2D eigenvalue weighted by molar-refractivity contribution is 5.29. The molecule has 0 spiro atoms. The summed E-state index contributed by atoms with van der Waals surface area (Å²) in [5.41, 5.74) is 7.17. The number of nitrogens with zero attached hydrogens (tertiary/aromatic N) is 3. The zero-order valence-corrected chi connectivity index (χ0v) is 9.76. The van der Waals surface area contributed by atoms with Crippen LogP contribution in [0.5, 0.6) is 0 Å². The fourth-order valence-corrected chi connectivity index (χ4v) is 2.21. The van der Waals surface area contributed by atoms with Crippen LogP contribution in [0.3, 0.4) is 0 Å². The number of hydrogen-bond donors (Lipinski definition) is 2. The van der Waals surface area contributed by atoms with Crippen LogP contribution >= 0.6 is 0 Å². The van der Waals surface area contributed by atoms with Crippen LogP contribution in [0.25, 0.3) is 5.78 Å². The van der Waals surface area contributed by atoms with Crippen LogP contribution in [0.15, 0.2) is 24.7 Å². The van der Waals surface area contributed by atoms with E-state index in [0.717, 1.165) is 37.4 Å². The van der Waals surface area contributed by atoms with Crippen molar-refractivity contribution in [3.05, 3.63) is 30.4 Å². The minimum atomic E-state index is 0.0252. The molecule has 5 heteroatoms. The second kappa shape index (κ2) is 4.09. The topological polar surface area (TPSA) is 68.2 Å². The number of rotatable bonds is 4. The van der Waals surface area contributed by atoms with Crippen LogP contribution in [-0.2, 0) is 6.54 Å². The van der Waals surface area contributed by atoms with Gasteiger partial charge in [0.1, 0.15) is 0 Å². The van der Waals surface area contributed by atoms with Gasteiger partial charge in [-0.25, -0.2) is 9.97 Å². The molecule has 0 aromatic carbocycles. The molecule has 17 heavy (non-hydrogen) atoms. The molecule has 0 radical (unpaired) electrons. The van der Waals surface area contributed by atoms with Crippen LogP contribution < -0.4 is 11.1 Å². The molecule has 5 nitrogen and oxygen atoms in total. The molecule has 3 rings (SSSR count). The Hall–Kier alpha value is -1.46. The van der Waals surface area contributed by atoms with Crippen molar-refractivity contribution < 1.29 is 0 Å². The number of aromatic nitrogens is 3. The van der Waals surface area contributed by atoms with E-state index < -0.39 is 0 Å². The molecule has 0 bridgehead atoms. The molecule has 1 fully saturated rings. The molecule has 0 unspecified atom stereocenters. The molecule has 0 aliphatic heterocycles. The molecule has 1 aliphatic rings. The van der Waals surface area contributed by atoms with Gasteiger partial charge in [-0.1, -0.05) is 0 Å². The van der Waals surface area contributed by atoms with E-state index in [2.05, 4.69) is 15.3 Å². The minimum absolute atomic E-state index is 0.0252. The molecule has 0 atom stereocenters. The first kappa shape index (κ1) is 10.7. The molecule has 90 valence electrons. The van der Waals surface area contributed by atoms with Crippen molar-refractivity contribution in [2.24, 2.45) is 5.73 Å². The van der Waals surface area contributed by atoms with E-state index in [1.165, 1.54) is 6.42 Å². The van der Waals surface area contributed by atoms with Crippen LogP contribution in [0.1, 0.15) is 25.0 Å². The average molecular weight is 231 g/mol. The Bertz CT molecular complexity index is 481. The summed E-state index contributed by atoms with van der Waals surface area (Å²) in [6.07, 6.45) is 9.23. The standard InChI is InChI=1S/C12H17N5/c13-12(3-1-4-12)9-14-7-10-8-17-6-2-5-15-11(17)16-10/h2,5-6,8,14H,1,3-4,7,9,13H2. The molecular formula is C12H17N5. The first-order chi connectivity index (χ1) is 8.25. The smallest absolute Gasteiger partial charge is 0.233 e. The molecule has 0 saturated heterocycles. The lowest BCUT2D eigenvalue weighted by atomic mass is 9.78. The Morgan fingerprint density at radius 3 is 3.06 bits per heavy atom. The first-order valence-corrected chi connectivity index (χ1v) is 6.03. The van der Waals surface area contributed by atoms with E-state index in [1.807, 2.05) is 22.9 Å². The Balaban J connectivity index is 1.61. The maximum atomic E-state index is 6.14. The lowest BCUT2D eigenvalue weighted by molar-refractivity contribution is 0.238. The van der Waals surface area contributed by atoms with Gasteiger partial charge in [-0.05, 0) is 25.3 Å². The zero-order chi connectivity index (χ0) is 11.7. The summed E-state index contributed by atoms with van der Waals surface area (Å²) in [5, 5.41) is 3.38. The van der Waals surface area contributed by atoms with Gasteiger partial charge in [0, 0.05) is 37.2 Å². The van der Waals surface area contributed by atoms with E-state index in [4.69, 9.17) is 5.73 Å². The van der Waals surface area contributed by atoms with Crippen molar-refractivity contribution in [3.8, 4) is 0 Å². The van der Waals surface area contributed by atoms with E-state index in [1.54, 1.807) is 6.20 Å². The highest BCUT2D eigenvalue weighted by Crippen LogP contribution is 2.28. The van der Waals surface area contributed by atoms with Gasteiger partial charge >= 0.3 is 0 Å². The summed E-state index contributed by atoms with van der Waals surface area (Å²) >= 11 is 0. The fraction of sp³-hybridized carbons (Fsp3) is 0.500. The van der Waals surface area contributed by atoms with Gasteiger partial charge in [0.15, 0.2) is 0 Å². The second-order valence-electron chi connectivity index (χ2n) is 4.88. The summed E-state index contributed by atoms with van der Waals surface area (Å²) in [5.74, 6) is 0.746. The number of nitrogens with two attached hydrogens (primary N) is 1. The van der Waals surface area contributed by atoms with Gasteiger partial charge in [0.2, 0.25) is 5.78 Å². The van der Waals surface area contributed by atoms with Crippen LogP contribution in [-0.4, -0.2) is 26.5 Å². The number of fused-ring (bicyclic) bond motifs is 1. The van der Waals surface area contributed by atoms with Gasteiger partial charge in [-0.3, -0.25) is 4.40 Å². The monoisotopic (exact) mass is 231 g/mol. The average Bonchev–Trinajstić information content (AvgIpc) is 2.69. The summed E-state index contributed by atoms with van der Waals surface area (Å²) in [4.78, 5) is 8.61. The minimum Gasteiger partial charge on any atom is -0.324 e. The van der Waals surface area contributed by atoms with Crippen LogP contribution in [0, 0.1) is 0 Å². The van der Waals surface area contributed by atoms with Crippen LogP contribution in [0.2, 0.25) is 0 Å². The van der Waals surface area contributed by atoms with Crippen molar-refractivity contribution in [1.29, 1.82) is 0 Å². The molecule has 1 saturated carbocycles. The zero-order valence-electron chi connectivity index (χ0n) is 9.76. The van der Waals surface area contributed by atoms with E-state index in [-0.39, 0.29) is 5.54 Å². The predicted octanol–water partition coefficient (Wildman–Crippen LogP) is 0.700. The molecule has 2 aromatic rings. The predicted molar refractivity (Wildman–Crippen MR) is 65.5 cm³/mol. The Morgan fingerprint density at radius 2 is 2.35 bits per heavy atom. The Kier molecular flexibility index (Phi) is 2.57. The fourth-order valence-electron chi connectivity index (χ4n) is 2.21. The third kappa shape index (κ3) is 2.16.